The van der Waals surface area contributed by atoms with Crippen LogP contribution in [-0.2, 0) is 18.9 Å². The van der Waals surface area contributed by atoms with Crippen molar-refractivity contribution in [3.63, 3.8) is 0 Å². The van der Waals surface area contributed by atoms with Crippen molar-refractivity contribution in [1.82, 2.24) is 0 Å². The van der Waals surface area contributed by atoms with Crippen LogP contribution in [0.25, 0.3) is 0 Å². The third-order valence-corrected chi connectivity index (χ3v) is 11.1. The highest BCUT2D eigenvalue weighted by Crippen LogP contribution is 2.43. The molecule has 0 spiro atoms. The number of hydrogen-bond donors (Lipinski definition) is 0. The minimum atomic E-state index is -0.631. The van der Waals surface area contributed by atoms with Crippen molar-refractivity contribution in [2.75, 3.05) is 33.0 Å². The molecule has 51 heavy (non-hydrogen) atoms. The smallest absolute Gasteiger partial charge is 0.173 e. The summed E-state index contributed by atoms with van der Waals surface area (Å²) >= 11 is 0. The number of unbranched alkanes of at least 4 members (excludes halogenated alkanes) is 24. The van der Waals surface area contributed by atoms with E-state index in [2.05, 4.69) is 48.5 Å². The molecule has 0 aromatic rings. The standard InChI is InChI=1S/C47H96O4/c1-8-14-20-26-32-38-45(46(7,49-41-35-29-23-17-11-4)44-48-40-34-28-22-16-10-3)47(39-33-27-21-15-9-2,50-42-36-30-24-18-12-5)51-43-37-31-25-19-13-6/h45H,8-44H2,1-7H3. The van der Waals surface area contributed by atoms with Crippen LogP contribution in [0.15, 0.2) is 0 Å². The predicted octanol–water partition coefficient (Wildman–Crippen LogP) is 15.7. The zero-order valence-corrected chi connectivity index (χ0v) is 36.4. The van der Waals surface area contributed by atoms with Crippen molar-refractivity contribution >= 4 is 0 Å². The van der Waals surface area contributed by atoms with Crippen molar-refractivity contribution in [2.24, 2.45) is 5.92 Å². The van der Waals surface area contributed by atoms with Crippen LogP contribution in [0.1, 0.15) is 254 Å². The molecular weight excluding hydrogens is 629 g/mol. The van der Waals surface area contributed by atoms with Gasteiger partial charge < -0.3 is 18.9 Å². The highest BCUT2D eigenvalue weighted by molar-refractivity contribution is 4.95. The number of rotatable bonds is 43. The summed E-state index contributed by atoms with van der Waals surface area (Å²) in [5.74, 6) is -0.492. The first-order valence-corrected chi connectivity index (χ1v) is 23.5. The van der Waals surface area contributed by atoms with Crippen LogP contribution < -0.4 is 0 Å². The molecule has 0 saturated heterocycles. The second-order valence-corrected chi connectivity index (χ2v) is 16.3. The summed E-state index contributed by atoms with van der Waals surface area (Å²) in [6, 6.07) is 0. The SMILES string of the molecule is CCCCCCCOCC(C)(OCCCCCCC)C(CCCCCCC)C(CCCCCCC)(OCCCCCCC)OCCCCCCC. The van der Waals surface area contributed by atoms with E-state index in [9.17, 15) is 0 Å². The van der Waals surface area contributed by atoms with Crippen LogP contribution in [0.5, 0.6) is 0 Å². The monoisotopic (exact) mass is 725 g/mol. The lowest BCUT2D eigenvalue weighted by molar-refractivity contribution is -0.310. The van der Waals surface area contributed by atoms with Crippen molar-refractivity contribution in [2.45, 2.75) is 265 Å². The van der Waals surface area contributed by atoms with Crippen molar-refractivity contribution < 1.29 is 18.9 Å². The Kier molecular flexibility index (Phi) is 38.0. The van der Waals surface area contributed by atoms with E-state index in [-0.39, 0.29) is 5.92 Å². The molecule has 0 bridgehead atoms. The normalized spacial score (nSPS) is 13.9. The van der Waals surface area contributed by atoms with Gasteiger partial charge in [0.25, 0.3) is 0 Å². The largest absolute Gasteiger partial charge is 0.378 e. The quantitative estimate of drug-likeness (QED) is 0.0463. The molecule has 2 unspecified atom stereocenters. The molecule has 0 aromatic carbocycles. The van der Waals surface area contributed by atoms with Crippen LogP contribution in [0.3, 0.4) is 0 Å². The van der Waals surface area contributed by atoms with Gasteiger partial charge in [0.1, 0.15) is 0 Å². The highest BCUT2D eigenvalue weighted by Gasteiger charge is 2.51. The van der Waals surface area contributed by atoms with Crippen LogP contribution >= 0.6 is 0 Å². The molecule has 0 fully saturated rings. The lowest BCUT2D eigenvalue weighted by atomic mass is 9.76. The molecule has 0 N–H and O–H groups in total. The summed E-state index contributed by atoms with van der Waals surface area (Å²) < 4.78 is 28.4. The van der Waals surface area contributed by atoms with Gasteiger partial charge in [-0.3, -0.25) is 0 Å². The Balaban J connectivity index is 6.56. The molecule has 0 heterocycles. The molecule has 0 saturated carbocycles. The van der Waals surface area contributed by atoms with E-state index in [1.54, 1.807) is 0 Å². The van der Waals surface area contributed by atoms with Crippen molar-refractivity contribution in [3.05, 3.63) is 0 Å². The maximum Gasteiger partial charge on any atom is 0.173 e. The van der Waals surface area contributed by atoms with Gasteiger partial charge in [0.2, 0.25) is 0 Å². The third kappa shape index (κ3) is 28.0. The lowest BCUT2D eigenvalue weighted by Crippen LogP contribution is -2.57. The topological polar surface area (TPSA) is 36.9 Å². The van der Waals surface area contributed by atoms with E-state index in [1.807, 2.05) is 0 Å². The van der Waals surface area contributed by atoms with Crippen LogP contribution in [0, 0.1) is 5.92 Å². The maximum absolute atomic E-state index is 7.30. The summed E-state index contributed by atoms with van der Waals surface area (Å²) in [5, 5.41) is 0. The first-order chi connectivity index (χ1) is 25.0. The van der Waals surface area contributed by atoms with E-state index in [0.717, 1.165) is 71.4 Å². The Morgan fingerprint density at radius 3 is 1.10 bits per heavy atom. The minimum absolute atomic E-state index is 0.139. The fourth-order valence-electron chi connectivity index (χ4n) is 7.72. The molecule has 0 aromatic heterocycles. The Morgan fingerprint density at radius 2 is 0.686 bits per heavy atom. The van der Waals surface area contributed by atoms with Gasteiger partial charge in [-0.2, -0.15) is 0 Å². The predicted molar refractivity (Wildman–Crippen MR) is 225 cm³/mol. The van der Waals surface area contributed by atoms with Gasteiger partial charge in [-0.05, 0) is 45.4 Å². The average molecular weight is 725 g/mol. The zero-order chi connectivity index (χ0) is 37.6. The molecule has 0 aliphatic heterocycles. The second kappa shape index (κ2) is 38.1. The van der Waals surface area contributed by atoms with E-state index in [0.29, 0.717) is 6.61 Å². The van der Waals surface area contributed by atoms with Gasteiger partial charge >= 0.3 is 0 Å². The Morgan fingerprint density at radius 1 is 0.353 bits per heavy atom. The number of ether oxygens (including phenoxy) is 4. The van der Waals surface area contributed by atoms with E-state index in [1.165, 1.54) is 161 Å². The van der Waals surface area contributed by atoms with E-state index >= 15 is 0 Å². The zero-order valence-electron chi connectivity index (χ0n) is 36.4. The van der Waals surface area contributed by atoms with Gasteiger partial charge in [0.05, 0.1) is 25.4 Å². The van der Waals surface area contributed by atoms with Crippen LogP contribution in [0.4, 0.5) is 0 Å². The molecule has 0 aliphatic carbocycles. The molecule has 0 aliphatic rings. The second-order valence-electron chi connectivity index (χ2n) is 16.3. The minimum Gasteiger partial charge on any atom is -0.378 e. The van der Waals surface area contributed by atoms with Crippen LogP contribution in [-0.4, -0.2) is 44.4 Å². The molecule has 308 valence electrons. The molecule has 4 heteroatoms. The number of hydrogen-bond acceptors (Lipinski definition) is 4. The molecule has 0 amide bonds. The Hall–Kier alpha value is -0.160. The fraction of sp³-hybridized carbons (Fsp3) is 1.00. The molecule has 2 atom stereocenters. The average Bonchev–Trinajstić information content (AvgIpc) is 3.13. The molecule has 0 radical (unpaired) electrons. The summed E-state index contributed by atoms with van der Waals surface area (Å²) in [6.45, 7) is 20.0. The van der Waals surface area contributed by atoms with Gasteiger partial charge in [0.15, 0.2) is 5.79 Å². The highest BCUT2D eigenvalue weighted by atomic mass is 16.7. The Bertz CT molecular complexity index is 653. The van der Waals surface area contributed by atoms with Gasteiger partial charge in [0, 0.05) is 25.6 Å². The van der Waals surface area contributed by atoms with E-state index in [4.69, 9.17) is 18.9 Å². The fourth-order valence-corrected chi connectivity index (χ4v) is 7.72. The van der Waals surface area contributed by atoms with Crippen LogP contribution in [0.2, 0.25) is 0 Å². The summed E-state index contributed by atoms with van der Waals surface area (Å²) in [4.78, 5) is 0. The van der Waals surface area contributed by atoms with Gasteiger partial charge in [-0.15, -0.1) is 0 Å². The molecule has 4 nitrogen and oxygen atoms in total. The summed E-state index contributed by atoms with van der Waals surface area (Å²) in [6.07, 6.45) is 39.8. The lowest BCUT2D eigenvalue weighted by Gasteiger charge is -2.49. The summed E-state index contributed by atoms with van der Waals surface area (Å²) in [5.41, 5.74) is -0.452. The van der Waals surface area contributed by atoms with Crippen molar-refractivity contribution in [1.29, 1.82) is 0 Å². The van der Waals surface area contributed by atoms with Gasteiger partial charge in [-0.1, -0.05) is 202 Å². The Labute approximate surface area is 322 Å². The summed E-state index contributed by atoms with van der Waals surface area (Å²) in [7, 11) is 0. The first kappa shape index (κ1) is 50.8. The third-order valence-electron chi connectivity index (χ3n) is 11.1. The van der Waals surface area contributed by atoms with Crippen molar-refractivity contribution in [3.8, 4) is 0 Å². The first-order valence-electron chi connectivity index (χ1n) is 23.5. The molecule has 0 rings (SSSR count). The maximum atomic E-state index is 7.30. The van der Waals surface area contributed by atoms with Gasteiger partial charge in [-0.25, -0.2) is 0 Å². The van der Waals surface area contributed by atoms with E-state index < -0.39 is 11.4 Å². The molecular formula is C47H96O4.